The van der Waals surface area contributed by atoms with Crippen LogP contribution in [-0.4, -0.2) is 47.2 Å². The minimum absolute atomic E-state index is 0.0264. The molecule has 2 rings (SSSR count). The molecule has 108 valence electrons. The molecule has 0 bridgehead atoms. The first-order chi connectivity index (χ1) is 8.89. The Morgan fingerprint density at radius 1 is 1.16 bits per heavy atom. The van der Waals surface area contributed by atoms with Crippen LogP contribution in [0.1, 0.15) is 46.0 Å². The third-order valence-corrected chi connectivity index (χ3v) is 4.22. The van der Waals surface area contributed by atoms with Crippen LogP contribution in [0.15, 0.2) is 0 Å². The SMILES string of the molecule is CC1(C)CCCN(C(=O)C2CCC(C(=O)O)O2)CC1. The Hall–Kier alpha value is -1.10. The van der Waals surface area contributed by atoms with Gasteiger partial charge in [0, 0.05) is 13.1 Å². The molecule has 0 aromatic heterocycles. The molecule has 19 heavy (non-hydrogen) atoms. The molecule has 2 atom stereocenters. The molecule has 1 amide bonds. The lowest BCUT2D eigenvalue weighted by Crippen LogP contribution is -2.40. The van der Waals surface area contributed by atoms with Gasteiger partial charge < -0.3 is 14.7 Å². The van der Waals surface area contributed by atoms with Crippen LogP contribution in [-0.2, 0) is 14.3 Å². The van der Waals surface area contributed by atoms with E-state index in [1.54, 1.807) is 0 Å². The van der Waals surface area contributed by atoms with Crippen LogP contribution >= 0.6 is 0 Å². The molecule has 0 spiro atoms. The fraction of sp³-hybridized carbons (Fsp3) is 0.857. The van der Waals surface area contributed by atoms with Gasteiger partial charge in [-0.1, -0.05) is 13.8 Å². The van der Waals surface area contributed by atoms with Crippen molar-refractivity contribution in [3.8, 4) is 0 Å². The van der Waals surface area contributed by atoms with E-state index in [0.717, 1.165) is 32.4 Å². The second-order valence-corrected chi connectivity index (χ2v) is 6.37. The number of carboxylic acids is 1. The van der Waals surface area contributed by atoms with Crippen LogP contribution in [0.5, 0.6) is 0 Å². The number of nitrogens with zero attached hydrogens (tertiary/aromatic N) is 1. The lowest BCUT2D eigenvalue weighted by atomic mass is 9.85. The van der Waals surface area contributed by atoms with E-state index in [4.69, 9.17) is 9.84 Å². The van der Waals surface area contributed by atoms with Gasteiger partial charge in [-0.2, -0.15) is 0 Å². The summed E-state index contributed by atoms with van der Waals surface area (Å²) in [6.45, 7) is 5.98. The predicted molar refractivity (Wildman–Crippen MR) is 69.7 cm³/mol. The number of ether oxygens (including phenoxy) is 1. The number of carbonyl (C=O) groups excluding carboxylic acids is 1. The van der Waals surface area contributed by atoms with Gasteiger partial charge in [0.1, 0.15) is 6.10 Å². The average molecular weight is 269 g/mol. The zero-order valence-corrected chi connectivity index (χ0v) is 11.7. The van der Waals surface area contributed by atoms with Crippen molar-refractivity contribution in [1.29, 1.82) is 0 Å². The Bertz CT molecular complexity index is 366. The summed E-state index contributed by atoms with van der Waals surface area (Å²) < 4.78 is 5.34. The molecule has 2 aliphatic heterocycles. The summed E-state index contributed by atoms with van der Waals surface area (Å²) in [5.41, 5.74) is 0.287. The monoisotopic (exact) mass is 269 g/mol. The highest BCUT2D eigenvalue weighted by molar-refractivity contribution is 5.82. The van der Waals surface area contributed by atoms with Crippen LogP contribution in [0.4, 0.5) is 0 Å². The molecule has 1 N–H and O–H groups in total. The topological polar surface area (TPSA) is 66.8 Å². The van der Waals surface area contributed by atoms with Gasteiger partial charge in [-0.05, 0) is 37.5 Å². The fourth-order valence-electron chi connectivity index (χ4n) is 2.85. The van der Waals surface area contributed by atoms with Crippen LogP contribution < -0.4 is 0 Å². The summed E-state index contributed by atoms with van der Waals surface area (Å²) in [6, 6.07) is 0. The van der Waals surface area contributed by atoms with Crippen LogP contribution in [0.2, 0.25) is 0 Å². The second-order valence-electron chi connectivity index (χ2n) is 6.37. The Morgan fingerprint density at radius 3 is 2.47 bits per heavy atom. The van der Waals surface area contributed by atoms with Gasteiger partial charge in [0.05, 0.1) is 0 Å². The molecule has 0 aromatic carbocycles. The summed E-state index contributed by atoms with van der Waals surface area (Å²) in [4.78, 5) is 25.0. The van der Waals surface area contributed by atoms with E-state index in [2.05, 4.69) is 13.8 Å². The molecule has 2 fully saturated rings. The van der Waals surface area contributed by atoms with Gasteiger partial charge in [0.2, 0.25) is 0 Å². The largest absolute Gasteiger partial charge is 0.479 e. The van der Waals surface area contributed by atoms with Crippen molar-refractivity contribution in [2.75, 3.05) is 13.1 Å². The van der Waals surface area contributed by atoms with Crippen molar-refractivity contribution < 1.29 is 19.4 Å². The van der Waals surface area contributed by atoms with Crippen molar-refractivity contribution in [3.05, 3.63) is 0 Å². The van der Waals surface area contributed by atoms with E-state index in [1.807, 2.05) is 4.90 Å². The van der Waals surface area contributed by atoms with Crippen molar-refractivity contribution >= 4 is 11.9 Å². The summed E-state index contributed by atoms with van der Waals surface area (Å²) in [5, 5.41) is 8.89. The van der Waals surface area contributed by atoms with E-state index in [1.165, 1.54) is 0 Å². The molecule has 0 aliphatic carbocycles. The molecular weight excluding hydrogens is 246 g/mol. The van der Waals surface area contributed by atoms with E-state index >= 15 is 0 Å². The highest BCUT2D eigenvalue weighted by Crippen LogP contribution is 2.31. The second kappa shape index (κ2) is 5.49. The molecule has 5 heteroatoms. The standard InChI is InChI=1S/C14H23NO4/c1-14(2)6-3-8-15(9-7-14)12(16)10-4-5-11(19-10)13(17)18/h10-11H,3-9H2,1-2H3,(H,17,18). The van der Waals surface area contributed by atoms with Crippen LogP contribution in [0.25, 0.3) is 0 Å². The molecule has 5 nitrogen and oxygen atoms in total. The van der Waals surface area contributed by atoms with Gasteiger partial charge in [0.25, 0.3) is 5.91 Å². The number of amides is 1. The number of likely N-dealkylation sites (tertiary alicyclic amines) is 1. The normalized spacial score (nSPS) is 30.9. The first kappa shape index (κ1) is 14.3. The Kier molecular flexibility index (Phi) is 4.13. The summed E-state index contributed by atoms with van der Waals surface area (Å²) in [6.07, 6.45) is 2.72. The minimum Gasteiger partial charge on any atom is -0.479 e. The number of carbonyl (C=O) groups is 2. The van der Waals surface area contributed by atoms with Crippen LogP contribution in [0, 0.1) is 5.41 Å². The first-order valence-electron chi connectivity index (χ1n) is 7.06. The third kappa shape index (κ3) is 3.47. The zero-order chi connectivity index (χ0) is 14.0. The Balaban J connectivity index is 1.92. The van der Waals surface area contributed by atoms with Crippen molar-refractivity contribution in [1.82, 2.24) is 4.90 Å². The first-order valence-corrected chi connectivity index (χ1v) is 7.06. The Morgan fingerprint density at radius 2 is 1.84 bits per heavy atom. The molecule has 0 saturated carbocycles. The molecule has 2 unspecified atom stereocenters. The lowest BCUT2D eigenvalue weighted by molar-refractivity contribution is -0.154. The maximum absolute atomic E-state index is 12.3. The molecule has 0 radical (unpaired) electrons. The molecule has 0 aromatic rings. The average Bonchev–Trinajstić information content (AvgIpc) is 2.75. The van der Waals surface area contributed by atoms with Crippen molar-refractivity contribution in [2.45, 2.75) is 58.2 Å². The van der Waals surface area contributed by atoms with Gasteiger partial charge >= 0.3 is 5.97 Å². The molecular formula is C14H23NO4. The lowest BCUT2D eigenvalue weighted by Gasteiger charge is -2.25. The minimum atomic E-state index is -0.965. The number of carboxylic acid groups (broad SMARTS) is 1. The highest BCUT2D eigenvalue weighted by Gasteiger charge is 2.37. The quantitative estimate of drug-likeness (QED) is 0.828. The molecule has 2 saturated heterocycles. The van der Waals surface area contributed by atoms with E-state index in [0.29, 0.717) is 12.8 Å². The maximum Gasteiger partial charge on any atom is 0.332 e. The van der Waals surface area contributed by atoms with Crippen molar-refractivity contribution in [2.24, 2.45) is 5.41 Å². The Labute approximate surface area is 113 Å². The molecule has 2 aliphatic rings. The number of rotatable bonds is 2. The van der Waals surface area contributed by atoms with E-state index in [-0.39, 0.29) is 11.3 Å². The summed E-state index contributed by atoms with van der Waals surface area (Å²) in [5.74, 6) is -0.992. The van der Waals surface area contributed by atoms with Gasteiger partial charge in [-0.25, -0.2) is 4.79 Å². The summed E-state index contributed by atoms with van der Waals surface area (Å²) >= 11 is 0. The summed E-state index contributed by atoms with van der Waals surface area (Å²) in [7, 11) is 0. The molecule has 2 heterocycles. The van der Waals surface area contributed by atoms with Crippen molar-refractivity contribution in [3.63, 3.8) is 0 Å². The van der Waals surface area contributed by atoms with Crippen LogP contribution in [0.3, 0.4) is 0 Å². The van der Waals surface area contributed by atoms with E-state index in [9.17, 15) is 9.59 Å². The highest BCUT2D eigenvalue weighted by atomic mass is 16.5. The number of aliphatic carboxylic acids is 1. The van der Waals surface area contributed by atoms with Gasteiger partial charge in [-0.3, -0.25) is 4.79 Å². The van der Waals surface area contributed by atoms with E-state index < -0.39 is 18.2 Å². The maximum atomic E-state index is 12.3. The fourth-order valence-corrected chi connectivity index (χ4v) is 2.85. The van der Waals surface area contributed by atoms with Gasteiger partial charge in [0.15, 0.2) is 6.10 Å². The number of hydrogen-bond donors (Lipinski definition) is 1. The van der Waals surface area contributed by atoms with Gasteiger partial charge in [-0.15, -0.1) is 0 Å². The smallest absolute Gasteiger partial charge is 0.332 e. The zero-order valence-electron chi connectivity index (χ0n) is 11.7. The predicted octanol–water partition coefficient (Wildman–Crippen LogP) is 1.66. The number of hydrogen-bond acceptors (Lipinski definition) is 3. The third-order valence-electron chi connectivity index (χ3n) is 4.22.